The van der Waals surface area contributed by atoms with Crippen molar-refractivity contribution in [2.24, 2.45) is 0 Å². The molecule has 1 aliphatic heterocycles. The first-order chi connectivity index (χ1) is 10.1. The van der Waals surface area contributed by atoms with E-state index in [2.05, 4.69) is 10.1 Å². The first-order valence-corrected chi connectivity index (χ1v) is 6.98. The van der Waals surface area contributed by atoms with E-state index in [1.165, 1.54) is 6.07 Å². The third-order valence-corrected chi connectivity index (χ3v) is 4.02. The van der Waals surface area contributed by atoms with Gasteiger partial charge >= 0.3 is 0 Å². The van der Waals surface area contributed by atoms with Crippen molar-refractivity contribution in [1.29, 1.82) is 0 Å². The molecule has 6 nitrogen and oxygen atoms in total. The van der Waals surface area contributed by atoms with Crippen LogP contribution in [0.25, 0.3) is 11.5 Å². The van der Waals surface area contributed by atoms with E-state index in [0.29, 0.717) is 43.3 Å². The van der Waals surface area contributed by atoms with Gasteiger partial charge in [-0.05, 0) is 18.2 Å². The van der Waals surface area contributed by atoms with Gasteiger partial charge in [-0.25, -0.2) is 0 Å². The Morgan fingerprint density at radius 1 is 1.33 bits per heavy atom. The molecule has 1 aromatic carbocycles. The van der Waals surface area contributed by atoms with Crippen LogP contribution in [0.1, 0.15) is 18.7 Å². The van der Waals surface area contributed by atoms with Crippen LogP contribution in [0.3, 0.4) is 0 Å². The Bertz CT molecular complexity index is 638. The van der Waals surface area contributed by atoms with Crippen LogP contribution < -0.4 is 0 Å². The molecule has 1 aromatic heterocycles. The van der Waals surface area contributed by atoms with E-state index in [0.717, 1.165) is 0 Å². The minimum Gasteiger partial charge on any atom is -0.506 e. The molecule has 0 unspecified atom stereocenters. The molecule has 3 rings (SSSR count). The van der Waals surface area contributed by atoms with Gasteiger partial charge in [-0.3, -0.25) is 0 Å². The minimum atomic E-state index is -0.569. The number of halogens is 1. The van der Waals surface area contributed by atoms with E-state index in [1.807, 2.05) is 0 Å². The second-order valence-electron chi connectivity index (χ2n) is 4.90. The Labute approximate surface area is 126 Å². The number of ether oxygens (including phenoxy) is 2. The molecule has 1 fully saturated rings. The Balaban J connectivity index is 1.93. The second kappa shape index (κ2) is 5.63. The van der Waals surface area contributed by atoms with Crippen LogP contribution in [0.15, 0.2) is 22.7 Å². The number of hydrogen-bond donors (Lipinski definition) is 1. The molecule has 0 atom stereocenters. The van der Waals surface area contributed by atoms with Gasteiger partial charge < -0.3 is 19.1 Å². The predicted octanol–water partition coefficient (Wildman–Crippen LogP) is 2.75. The zero-order chi connectivity index (χ0) is 14.9. The van der Waals surface area contributed by atoms with Crippen LogP contribution in [0.2, 0.25) is 5.02 Å². The van der Waals surface area contributed by atoms with E-state index in [4.69, 9.17) is 25.6 Å². The summed E-state index contributed by atoms with van der Waals surface area (Å²) in [6, 6.07) is 4.74. The summed E-state index contributed by atoms with van der Waals surface area (Å²) in [5.41, 5.74) is 0.0793. The predicted molar refractivity (Wildman–Crippen MR) is 75.1 cm³/mol. The molecule has 7 heteroatoms. The number of methoxy groups -OCH3 is 1. The topological polar surface area (TPSA) is 77.6 Å². The summed E-state index contributed by atoms with van der Waals surface area (Å²) < 4.78 is 16.3. The number of nitrogens with zero attached hydrogens (tertiary/aromatic N) is 2. The summed E-state index contributed by atoms with van der Waals surface area (Å²) in [7, 11) is 1.64. The smallest absolute Gasteiger partial charge is 0.258 e. The molecule has 0 amide bonds. The number of aromatic hydroxyl groups is 1. The normalized spacial score (nSPS) is 17.8. The van der Waals surface area contributed by atoms with Gasteiger partial charge in [0.25, 0.3) is 5.89 Å². The van der Waals surface area contributed by atoms with Crippen LogP contribution in [-0.2, 0) is 15.1 Å². The fourth-order valence-corrected chi connectivity index (χ4v) is 2.57. The highest BCUT2D eigenvalue weighted by Gasteiger charge is 2.39. The highest BCUT2D eigenvalue weighted by atomic mass is 35.5. The number of phenols is 1. The fourth-order valence-electron chi connectivity index (χ4n) is 2.39. The van der Waals surface area contributed by atoms with Crippen molar-refractivity contribution in [3.05, 3.63) is 29.0 Å². The maximum absolute atomic E-state index is 9.45. The van der Waals surface area contributed by atoms with Crippen LogP contribution in [0.4, 0.5) is 0 Å². The summed E-state index contributed by atoms with van der Waals surface area (Å²) in [6.45, 7) is 1.20. The minimum absolute atomic E-state index is 0.0120. The SMILES string of the molecule is COC1(c2noc(-c3ccc(O)c(Cl)c3)n2)CCOCC1. The molecule has 0 radical (unpaired) electrons. The molecular formula is C14H15ClN2O4. The Morgan fingerprint density at radius 2 is 2.10 bits per heavy atom. The summed E-state index contributed by atoms with van der Waals surface area (Å²) in [6.07, 6.45) is 1.36. The lowest BCUT2D eigenvalue weighted by molar-refractivity contribution is -0.101. The number of phenolic OH excluding ortho intramolecular Hbond substituents is 1. The molecule has 1 N–H and O–H groups in total. The van der Waals surface area contributed by atoms with Crippen molar-refractivity contribution in [1.82, 2.24) is 10.1 Å². The van der Waals surface area contributed by atoms with Crippen LogP contribution in [-0.4, -0.2) is 35.6 Å². The van der Waals surface area contributed by atoms with Gasteiger partial charge in [-0.15, -0.1) is 0 Å². The van der Waals surface area contributed by atoms with Crippen LogP contribution >= 0.6 is 11.6 Å². The maximum Gasteiger partial charge on any atom is 0.258 e. The van der Waals surface area contributed by atoms with E-state index in [9.17, 15) is 5.11 Å². The van der Waals surface area contributed by atoms with E-state index >= 15 is 0 Å². The lowest BCUT2D eigenvalue weighted by atomic mass is 9.93. The number of aromatic nitrogens is 2. The first-order valence-electron chi connectivity index (χ1n) is 6.60. The van der Waals surface area contributed by atoms with Gasteiger partial charge in [0, 0.05) is 38.7 Å². The van der Waals surface area contributed by atoms with Crippen molar-refractivity contribution in [3.63, 3.8) is 0 Å². The molecule has 21 heavy (non-hydrogen) atoms. The first kappa shape index (κ1) is 14.3. The van der Waals surface area contributed by atoms with Gasteiger partial charge in [0.2, 0.25) is 5.82 Å². The summed E-state index contributed by atoms with van der Waals surface area (Å²) >= 11 is 5.89. The number of rotatable bonds is 3. The second-order valence-corrected chi connectivity index (χ2v) is 5.31. The van der Waals surface area contributed by atoms with Gasteiger partial charge in [0.1, 0.15) is 11.4 Å². The number of hydrogen-bond acceptors (Lipinski definition) is 6. The number of benzene rings is 1. The third kappa shape index (κ3) is 2.62. The van der Waals surface area contributed by atoms with Crippen LogP contribution in [0, 0.1) is 0 Å². The molecule has 2 heterocycles. The van der Waals surface area contributed by atoms with Crippen molar-refractivity contribution in [3.8, 4) is 17.2 Å². The molecule has 0 aliphatic carbocycles. The van der Waals surface area contributed by atoms with E-state index in [1.54, 1.807) is 19.2 Å². The van der Waals surface area contributed by atoms with Gasteiger partial charge in [-0.1, -0.05) is 16.8 Å². The van der Waals surface area contributed by atoms with Crippen molar-refractivity contribution in [2.75, 3.05) is 20.3 Å². The van der Waals surface area contributed by atoms with Gasteiger partial charge in [0.15, 0.2) is 0 Å². The molecule has 2 aromatic rings. The summed E-state index contributed by atoms with van der Waals surface area (Å²) in [4.78, 5) is 4.42. The standard InChI is InChI=1S/C14H15ClN2O4/c1-19-14(4-6-20-7-5-14)13-16-12(21-17-13)9-2-3-11(18)10(15)8-9/h2-3,8,18H,4-7H2,1H3. The monoisotopic (exact) mass is 310 g/mol. The summed E-state index contributed by atoms with van der Waals surface area (Å²) in [5, 5.41) is 13.7. The Morgan fingerprint density at radius 3 is 2.76 bits per heavy atom. The fraction of sp³-hybridized carbons (Fsp3) is 0.429. The maximum atomic E-state index is 9.45. The molecule has 0 saturated carbocycles. The average Bonchev–Trinajstić information content (AvgIpc) is 3.01. The highest BCUT2D eigenvalue weighted by Crippen LogP contribution is 2.35. The van der Waals surface area contributed by atoms with Gasteiger partial charge in [-0.2, -0.15) is 4.98 Å². The lowest BCUT2D eigenvalue weighted by Crippen LogP contribution is -2.36. The van der Waals surface area contributed by atoms with E-state index in [-0.39, 0.29) is 10.8 Å². The van der Waals surface area contributed by atoms with Crippen molar-refractivity contribution < 1.29 is 19.1 Å². The Hall–Kier alpha value is -1.63. The zero-order valence-electron chi connectivity index (χ0n) is 11.5. The van der Waals surface area contributed by atoms with Crippen molar-refractivity contribution in [2.45, 2.75) is 18.4 Å². The van der Waals surface area contributed by atoms with Crippen molar-refractivity contribution >= 4 is 11.6 Å². The highest BCUT2D eigenvalue weighted by molar-refractivity contribution is 6.32. The van der Waals surface area contributed by atoms with Gasteiger partial charge in [0.05, 0.1) is 5.02 Å². The molecular weight excluding hydrogens is 296 g/mol. The lowest BCUT2D eigenvalue weighted by Gasteiger charge is -2.32. The molecule has 1 aliphatic rings. The average molecular weight is 311 g/mol. The quantitative estimate of drug-likeness (QED) is 0.939. The Kier molecular flexibility index (Phi) is 3.84. The zero-order valence-corrected chi connectivity index (χ0v) is 12.3. The molecule has 0 bridgehead atoms. The molecule has 1 saturated heterocycles. The van der Waals surface area contributed by atoms with E-state index < -0.39 is 5.60 Å². The largest absolute Gasteiger partial charge is 0.506 e. The molecule has 0 spiro atoms. The van der Waals surface area contributed by atoms with Crippen LogP contribution in [0.5, 0.6) is 5.75 Å². The third-order valence-electron chi connectivity index (χ3n) is 3.72. The summed E-state index contributed by atoms with van der Waals surface area (Å²) in [5.74, 6) is 0.861. The molecule has 112 valence electrons.